The van der Waals surface area contributed by atoms with Crippen LogP contribution in [0, 0.1) is 3.57 Å². The maximum atomic E-state index is 3.53. The van der Waals surface area contributed by atoms with Crippen LogP contribution in [0.3, 0.4) is 0 Å². The van der Waals surface area contributed by atoms with Gasteiger partial charge in [-0.3, -0.25) is 0 Å². The lowest BCUT2D eigenvalue weighted by molar-refractivity contribution is 0.920. The summed E-state index contributed by atoms with van der Waals surface area (Å²) in [6, 6.07) is 15.3. The molecule has 1 nitrogen and oxygen atoms in total. The Labute approximate surface area is 160 Å². The molecular formula is C21H21INP. The molecule has 0 radical (unpaired) electrons. The van der Waals surface area contributed by atoms with Gasteiger partial charge in [0.15, 0.2) is 0 Å². The highest BCUT2D eigenvalue weighted by molar-refractivity contribution is 14.1. The van der Waals surface area contributed by atoms with Crippen molar-refractivity contribution in [2.75, 3.05) is 0 Å². The van der Waals surface area contributed by atoms with E-state index in [4.69, 9.17) is 0 Å². The quantitative estimate of drug-likeness (QED) is 0.441. The van der Waals surface area contributed by atoms with Crippen molar-refractivity contribution in [1.82, 2.24) is 5.32 Å². The van der Waals surface area contributed by atoms with Gasteiger partial charge in [-0.25, -0.2) is 0 Å². The van der Waals surface area contributed by atoms with E-state index in [2.05, 4.69) is 105 Å². The lowest BCUT2D eigenvalue weighted by Gasteiger charge is -2.21. The van der Waals surface area contributed by atoms with E-state index < -0.39 is 0 Å². The highest BCUT2D eigenvalue weighted by atomic mass is 127. The fourth-order valence-electron chi connectivity index (χ4n) is 2.94. The molecule has 0 amide bonds. The molecule has 0 saturated heterocycles. The minimum absolute atomic E-state index is 1.10. The van der Waals surface area contributed by atoms with E-state index in [-0.39, 0.29) is 0 Å². The maximum Gasteiger partial charge on any atom is 0.0474 e. The molecule has 1 aliphatic heterocycles. The number of hydrogen-bond donors (Lipinski definition) is 1. The molecule has 2 aromatic carbocycles. The molecule has 122 valence electrons. The van der Waals surface area contributed by atoms with Gasteiger partial charge in [-0.05, 0) is 69.7 Å². The maximum absolute atomic E-state index is 3.53. The predicted octanol–water partition coefficient (Wildman–Crippen LogP) is 6.13. The van der Waals surface area contributed by atoms with Gasteiger partial charge in [0.25, 0.3) is 0 Å². The van der Waals surface area contributed by atoms with E-state index in [1.807, 2.05) is 5.82 Å². The monoisotopic (exact) mass is 445 g/mol. The Kier molecular flexibility index (Phi) is 5.91. The number of halogens is 1. The van der Waals surface area contributed by atoms with Gasteiger partial charge in [0.1, 0.15) is 0 Å². The minimum Gasteiger partial charge on any atom is -0.355 e. The summed E-state index contributed by atoms with van der Waals surface area (Å²) in [6.45, 7) is 2.23. The van der Waals surface area contributed by atoms with Gasteiger partial charge in [-0.15, -0.1) is 9.24 Å². The van der Waals surface area contributed by atoms with Gasteiger partial charge >= 0.3 is 0 Å². The second-order valence-electron chi connectivity index (χ2n) is 5.80. The summed E-state index contributed by atoms with van der Waals surface area (Å²) in [6.07, 6.45) is 8.61. The molecule has 24 heavy (non-hydrogen) atoms. The Morgan fingerprint density at radius 1 is 1.17 bits per heavy atom. The summed E-state index contributed by atoms with van der Waals surface area (Å²) >= 11 is 2.47. The molecule has 1 heterocycles. The van der Waals surface area contributed by atoms with Crippen LogP contribution < -0.4 is 5.32 Å². The molecular weight excluding hydrogens is 424 g/mol. The molecule has 1 atom stereocenters. The summed E-state index contributed by atoms with van der Waals surface area (Å²) in [5.41, 5.74) is 7.48. The fourth-order valence-corrected chi connectivity index (χ4v) is 4.12. The standard InChI is InChI=1S/C21H21INP/c1-2-7-15-12-18(16-8-4-3-5-9-16)21(19(22)13-15)20-11-6-10-17(14-24)23-20/h3-6,8-14,23H,2,7,24H2,1H3/b17-14-. The van der Waals surface area contributed by atoms with Crippen molar-refractivity contribution in [3.8, 4) is 11.1 Å². The van der Waals surface area contributed by atoms with E-state index in [0.29, 0.717) is 0 Å². The summed E-state index contributed by atoms with van der Waals surface area (Å²) in [4.78, 5) is 0. The molecule has 0 bridgehead atoms. The summed E-state index contributed by atoms with van der Waals surface area (Å²) in [5, 5.41) is 3.53. The van der Waals surface area contributed by atoms with Crippen molar-refractivity contribution >= 4 is 37.5 Å². The fraction of sp³-hybridized carbons (Fsp3) is 0.143. The zero-order valence-electron chi connectivity index (χ0n) is 13.7. The first kappa shape index (κ1) is 17.4. The number of dihydropyridines is 1. The van der Waals surface area contributed by atoms with E-state index in [0.717, 1.165) is 24.2 Å². The Balaban J connectivity index is 2.18. The second kappa shape index (κ2) is 8.13. The normalized spacial score (nSPS) is 15.3. The van der Waals surface area contributed by atoms with Gasteiger partial charge < -0.3 is 5.32 Å². The Morgan fingerprint density at radius 2 is 1.96 bits per heavy atom. The van der Waals surface area contributed by atoms with Gasteiger partial charge in [0.05, 0.1) is 0 Å². The molecule has 1 aliphatic rings. The SMILES string of the molecule is CCCc1cc(I)c(C2=CC=C/C(=C/P)N2)c(-c2ccccc2)c1. The number of rotatable bonds is 4. The van der Waals surface area contributed by atoms with Crippen LogP contribution in [-0.2, 0) is 6.42 Å². The van der Waals surface area contributed by atoms with E-state index in [1.54, 1.807) is 0 Å². The van der Waals surface area contributed by atoms with Crippen LogP contribution in [0.15, 0.2) is 72.2 Å². The van der Waals surface area contributed by atoms with Crippen molar-refractivity contribution in [3.63, 3.8) is 0 Å². The summed E-state index contributed by atoms with van der Waals surface area (Å²) in [7, 11) is 2.66. The topological polar surface area (TPSA) is 12.0 Å². The van der Waals surface area contributed by atoms with Crippen molar-refractivity contribution in [2.45, 2.75) is 19.8 Å². The Bertz CT molecular complexity index is 819. The Hall–Kier alpha value is -1.38. The van der Waals surface area contributed by atoms with Crippen molar-refractivity contribution in [3.05, 3.63) is 86.9 Å². The number of nitrogens with one attached hydrogen (secondary N) is 1. The summed E-state index contributed by atoms with van der Waals surface area (Å²) < 4.78 is 1.29. The third kappa shape index (κ3) is 3.81. The minimum atomic E-state index is 1.10. The second-order valence-corrected chi connectivity index (χ2v) is 7.30. The van der Waals surface area contributed by atoms with Gasteiger partial charge in [0.2, 0.25) is 0 Å². The van der Waals surface area contributed by atoms with E-state index >= 15 is 0 Å². The molecule has 1 unspecified atom stereocenters. The third-order valence-corrected chi connectivity index (χ3v) is 5.25. The largest absolute Gasteiger partial charge is 0.355 e. The molecule has 1 N–H and O–H groups in total. The van der Waals surface area contributed by atoms with Crippen LogP contribution in [0.4, 0.5) is 0 Å². The number of hydrogen-bond acceptors (Lipinski definition) is 1. The molecule has 0 spiro atoms. The lowest BCUT2D eigenvalue weighted by Crippen LogP contribution is -2.14. The van der Waals surface area contributed by atoms with Crippen LogP contribution >= 0.6 is 31.8 Å². The van der Waals surface area contributed by atoms with Crippen LogP contribution in [0.25, 0.3) is 16.8 Å². The molecule has 3 heteroatoms. The van der Waals surface area contributed by atoms with Gasteiger partial charge in [-0.1, -0.05) is 55.8 Å². The first-order valence-electron chi connectivity index (χ1n) is 8.18. The molecule has 0 aromatic heterocycles. The van der Waals surface area contributed by atoms with Gasteiger partial charge in [-0.2, -0.15) is 0 Å². The highest BCUT2D eigenvalue weighted by Gasteiger charge is 2.16. The van der Waals surface area contributed by atoms with E-state index in [9.17, 15) is 0 Å². The molecule has 3 rings (SSSR count). The van der Waals surface area contributed by atoms with Crippen molar-refractivity contribution < 1.29 is 0 Å². The van der Waals surface area contributed by atoms with Crippen molar-refractivity contribution in [1.29, 1.82) is 0 Å². The van der Waals surface area contributed by atoms with Crippen LogP contribution in [0.2, 0.25) is 0 Å². The first-order chi connectivity index (χ1) is 11.7. The highest BCUT2D eigenvalue weighted by Crippen LogP contribution is 2.34. The average Bonchev–Trinajstić information content (AvgIpc) is 2.62. The Morgan fingerprint density at radius 3 is 2.67 bits per heavy atom. The van der Waals surface area contributed by atoms with E-state index in [1.165, 1.54) is 25.8 Å². The van der Waals surface area contributed by atoms with Crippen molar-refractivity contribution in [2.24, 2.45) is 0 Å². The van der Waals surface area contributed by atoms with Crippen LogP contribution in [0.5, 0.6) is 0 Å². The number of benzene rings is 2. The molecule has 0 fully saturated rings. The van der Waals surface area contributed by atoms with Crippen LogP contribution in [-0.4, -0.2) is 0 Å². The third-order valence-electron chi connectivity index (χ3n) is 4.04. The zero-order valence-corrected chi connectivity index (χ0v) is 17.0. The molecule has 2 aromatic rings. The smallest absolute Gasteiger partial charge is 0.0474 e. The first-order valence-corrected chi connectivity index (χ1v) is 9.93. The summed E-state index contributed by atoms with van der Waals surface area (Å²) in [5.74, 6) is 2.02. The number of allylic oxidation sites excluding steroid dienone is 3. The lowest BCUT2D eigenvalue weighted by atomic mass is 9.93. The van der Waals surface area contributed by atoms with Crippen LogP contribution in [0.1, 0.15) is 24.5 Å². The predicted molar refractivity (Wildman–Crippen MR) is 117 cm³/mol. The van der Waals surface area contributed by atoms with Gasteiger partial charge in [0, 0.05) is 20.5 Å². The number of aryl methyl sites for hydroxylation is 1. The zero-order chi connectivity index (χ0) is 16.9. The molecule has 0 aliphatic carbocycles. The molecule has 0 saturated carbocycles. The average molecular weight is 445 g/mol.